The summed E-state index contributed by atoms with van der Waals surface area (Å²) in [6, 6.07) is 0.996. The van der Waals surface area contributed by atoms with Crippen LogP contribution in [0.2, 0.25) is 0 Å². The molecule has 0 aromatic carbocycles. The van der Waals surface area contributed by atoms with Crippen LogP contribution >= 0.6 is 0 Å². The molecule has 1 spiro atoms. The maximum Gasteiger partial charge on any atom is 0.223 e. The molecule has 6 atom stereocenters. The van der Waals surface area contributed by atoms with Gasteiger partial charge in [-0.15, -0.1) is 0 Å². The van der Waals surface area contributed by atoms with E-state index in [1.54, 1.807) is 0 Å². The number of hydrogen-bond donors (Lipinski definition) is 1. The molecule has 1 N–H and O–H groups in total. The number of carbonyl (C=O) groups excluding carboxylic acids is 1. The molecule has 5 unspecified atom stereocenters. The first-order valence-electron chi connectivity index (χ1n) is 12.9. The van der Waals surface area contributed by atoms with Gasteiger partial charge < -0.3 is 10.0 Å². The quantitative estimate of drug-likeness (QED) is 0.668. The SMILES string of the molecule is CC12CC3(C)[C@H]4CCC(CCC(=O)N(C5CCCCC5)C5CCCCC5)(C1O)C423. The predicted octanol–water partition coefficient (Wildman–Crippen LogP) is 5.45. The minimum Gasteiger partial charge on any atom is -0.392 e. The van der Waals surface area contributed by atoms with E-state index in [9.17, 15) is 9.90 Å². The monoisotopic (exact) mass is 399 g/mol. The molecule has 0 bridgehead atoms. The summed E-state index contributed by atoms with van der Waals surface area (Å²) in [4.78, 5) is 16.1. The molecule has 0 heterocycles. The van der Waals surface area contributed by atoms with Crippen molar-refractivity contribution < 1.29 is 9.90 Å². The lowest BCUT2D eigenvalue weighted by Crippen LogP contribution is -2.75. The zero-order valence-electron chi connectivity index (χ0n) is 18.7. The van der Waals surface area contributed by atoms with Crippen LogP contribution in [0.5, 0.6) is 0 Å². The number of fused-ring (bicyclic) bond motifs is 1. The number of hydrogen-bond acceptors (Lipinski definition) is 2. The van der Waals surface area contributed by atoms with E-state index in [1.165, 1.54) is 83.5 Å². The molecule has 0 aromatic rings. The Labute approximate surface area is 177 Å². The molecule has 1 amide bonds. The summed E-state index contributed by atoms with van der Waals surface area (Å²) in [6.07, 6.45) is 17.9. The van der Waals surface area contributed by atoms with Crippen LogP contribution in [0.4, 0.5) is 0 Å². The number of aliphatic hydroxyl groups excluding tert-OH is 1. The number of nitrogens with zero attached hydrogens (tertiary/aromatic N) is 1. The van der Waals surface area contributed by atoms with Crippen molar-refractivity contribution in [2.24, 2.45) is 27.6 Å². The number of aliphatic hydroxyl groups is 1. The molecule has 6 fully saturated rings. The molecular formula is C26H41NO2. The molecule has 6 saturated carbocycles. The van der Waals surface area contributed by atoms with Crippen molar-refractivity contribution in [2.45, 2.75) is 128 Å². The van der Waals surface area contributed by atoms with Crippen molar-refractivity contribution in [1.29, 1.82) is 0 Å². The fraction of sp³-hybridized carbons (Fsp3) is 0.962. The van der Waals surface area contributed by atoms with Crippen molar-refractivity contribution in [3.05, 3.63) is 0 Å². The Bertz CT molecular complexity index is 691. The molecule has 29 heavy (non-hydrogen) atoms. The van der Waals surface area contributed by atoms with E-state index < -0.39 is 0 Å². The Morgan fingerprint density at radius 3 is 2.03 bits per heavy atom. The van der Waals surface area contributed by atoms with Gasteiger partial charge in [-0.05, 0) is 68.1 Å². The summed E-state index contributed by atoms with van der Waals surface area (Å²) in [6.45, 7) is 4.83. The van der Waals surface area contributed by atoms with Crippen LogP contribution in [0.3, 0.4) is 0 Å². The van der Waals surface area contributed by atoms with Gasteiger partial charge in [0.2, 0.25) is 5.91 Å². The Balaban J connectivity index is 1.20. The van der Waals surface area contributed by atoms with E-state index in [4.69, 9.17) is 0 Å². The molecule has 3 nitrogen and oxygen atoms in total. The van der Waals surface area contributed by atoms with Gasteiger partial charge in [0.25, 0.3) is 0 Å². The lowest BCUT2D eigenvalue weighted by atomic mass is 9.30. The third kappa shape index (κ3) is 1.99. The van der Waals surface area contributed by atoms with Crippen molar-refractivity contribution in [3.63, 3.8) is 0 Å². The summed E-state index contributed by atoms with van der Waals surface area (Å²) in [5, 5.41) is 11.3. The average molecular weight is 400 g/mol. The maximum absolute atomic E-state index is 13.7. The Kier molecular flexibility index (Phi) is 3.97. The third-order valence-electron chi connectivity index (χ3n) is 11.5. The second kappa shape index (κ2) is 6.02. The van der Waals surface area contributed by atoms with Crippen molar-refractivity contribution in [1.82, 2.24) is 4.90 Å². The molecule has 6 aliphatic carbocycles. The van der Waals surface area contributed by atoms with Gasteiger partial charge in [-0.2, -0.15) is 0 Å². The lowest BCUT2D eigenvalue weighted by Gasteiger charge is -2.75. The lowest BCUT2D eigenvalue weighted by molar-refractivity contribution is -0.323. The van der Waals surface area contributed by atoms with Gasteiger partial charge in [-0.3, -0.25) is 4.79 Å². The molecule has 0 aromatic heterocycles. The topological polar surface area (TPSA) is 40.5 Å². The van der Waals surface area contributed by atoms with E-state index >= 15 is 0 Å². The van der Waals surface area contributed by atoms with Crippen LogP contribution in [0.25, 0.3) is 0 Å². The van der Waals surface area contributed by atoms with Crippen LogP contribution in [0, 0.1) is 27.6 Å². The maximum atomic E-state index is 13.7. The molecule has 6 rings (SSSR count). The van der Waals surface area contributed by atoms with E-state index in [2.05, 4.69) is 18.7 Å². The zero-order valence-corrected chi connectivity index (χ0v) is 18.7. The van der Waals surface area contributed by atoms with Crippen molar-refractivity contribution in [3.8, 4) is 0 Å². The smallest absolute Gasteiger partial charge is 0.223 e. The molecule has 0 radical (unpaired) electrons. The van der Waals surface area contributed by atoms with Gasteiger partial charge in [-0.25, -0.2) is 0 Å². The van der Waals surface area contributed by atoms with Gasteiger partial charge in [0, 0.05) is 29.3 Å². The summed E-state index contributed by atoms with van der Waals surface area (Å²) in [7, 11) is 0. The summed E-state index contributed by atoms with van der Waals surface area (Å²) >= 11 is 0. The highest BCUT2D eigenvalue weighted by Crippen LogP contribution is 3.05. The van der Waals surface area contributed by atoms with Gasteiger partial charge >= 0.3 is 0 Å². The standard InChI is InChI=1S/C26H41NO2/c1-23-17-24(2)22(29)25(15-13-20(23)26(23,24)25)16-14-21(28)27(18-9-5-3-6-10-18)19-11-7-4-8-12-19/h18-20,22,29H,3-17H2,1-2H3/t20-,22?,23?,24?,25?,26?/m1/s1. The number of amides is 1. The Morgan fingerprint density at radius 1 is 0.897 bits per heavy atom. The molecular weight excluding hydrogens is 358 g/mol. The van der Waals surface area contributed by atoms with Gasteiger partial charge in [0.1, 0.15) is 0 Å². The minimum atomic E-state index is -0.166. The second-order valence-corrected chi connectivity index (χ2v) is 12.4. The number of rotatable bonds is 5. The van der Waals surface area contributed by atoms with E-state index in [1.807, 2.05) is 0 Å². The van der Waals surface area contributed by atoms with Crippen molar-refractivity contribution >= 4 is 5.91 Å². The largest absolute Gasteiger partial charge is 0.392 e. The van der Waals surface area contributed by atoms with E-state index in [-0.39, 0.29) is 16.9 Å². The van der Waals surface area contributed by atoms with Gasteiger partial charge in [-0.1, -0.05) is 52.4 Å². The highest BCUT2D eigenvalue weighted by Gasteiger charge is 3.03. The van der Waals surface area contributed by atoms with Gasteiger partial charge in [0.05, 0.1) is 6.10 Å². The molecule has 0 saturated heterocycles. The van der Waals surface area contributed by atoms with Crippen molar-refractivity contribution in [2.75, 3.05) is 0 Å². The minimum absolute atomic E-state index is 0.0693. The molecule has 0 aliphatic heterocycles. The Morgan fingerprint density at radius 2 is 1.48 bits per heavy atom. The van der Waals surface area contributed by atoms with Crippen LogP contribution in [0.1, 0.15) is 110 Å². The van der Waals surface area contributed by atoms with Crippen LogP contribution in [0.15, 0.2) is 0 Å². The normalized spacial score (nSPS) is 50.9. The highest BCUT2D eigenvalue weighted by molar-refractivity contribution is 5.77. The summed E-state index contributed by atoms with van der Waals surface area (Å²) < 4.78 is 0. The zero-order chi connectivity index (χ0) is 20.1. The Hall–Kier alpha value is -0.570. The first kappa shape index (κ1) is 19.1. The van der Waals surface area contributed by atoms with E-state index in [0.29, 0.717) is 35.2 Å². The fourth-order valence-corrected chi connectivity index (χ4v) is 11.0. The molecule has 162 valence electrons. The highest BCUT2D eigenvalue weighted by atomic mass is 16.3. The van der Waals surface area contributed by atoms with Crippen LogP contribution in [-0.4, -0.2) is 34.1 Å². The predicted molar refractivity (Wildman–Crippen MR) is 114 cm³/mol. The fourth-order valence-electron chi connectivity index (χ4n) is 11.0. The van der Waals surface area contributed by atoms with Crippen LogP contribution < -0.4 is 0 Å². The van der Waals surface area contributed by atoms with E-state index in [0.717, 1.165) is 12.3 Å². The average Bonchev–Trinajstić information content (AvgIpc) is 3.05. The summed E-state index contributed by atoms with van der Waals surface area (Å²) in [5.41, 5.74) is 1.13. The van der Waals surface area contributed by atoms with Crippen LogP contribution in [-0.2, 0) is 4.79 Å². The second-order valence-electron chi connectivity index (χ2n) is 12.4. The molecule has 3 heteroatoms. The first-order valence-corrected chi connectivity index (χ1v) is 12.9. The molecule has 6 aliphatic rings. The first-order chi connectivity index (χ1) is 13.9. The van der Waals surface area contributed by atoms with Gasteiger partial charge in [0.15, 0.2) is 0 Å². The number of carbonyl (C=O) groups is 1. The third-order valence-corrected chi connectivity index (χ3v) is 11.5. The summed E-state index contributed by atoms with van der Waals surface area (Å²) in [5.74, 6) is 1.27.